The average molecular weight is 351 g/mol. The number of nitrogens with zero attached hydrogens (tertiary/aromatic N) is 6. The maximum atomic E-state index is 12.8. The van der Waals surface area contributed by atoms with E-state index in [-0.39, 0.29) is 11.9 Å². The third-order valence-corrected chi connectivity index (χ3v) is 4.78. The van der Waals surface area contributed by atoms with Crippen molar-refractivity contribution in [2.45, 2.75) is 31.8 Å². The Bertz CT molecular complexity index is 923. The van der Waals surface area contributed by atoms with Crippen LogP contribution < -0.4 is 5.32 Å². The van der Waals surface area contributed by atoms with Gasteiger partial charge in [0, 0.05) is 20.0 Å². The third kappa shape index (κ3) is 3.10. The highest BCUT2D eigenvalue weighted by molar-refractivity contribution is 5.78. The van der Waals surface area contributed by atoms with Crippen LogP contribution in [-0.2, 0) is 11.3 Å². The summed E-state index contributed by atoms with van der Waals surface area (Å²) >= 11 is 0. The van der Waals surface area contributed by atoms with Gasteiger partial charge >= 0.3 is 0 Å². The van der Waals surface area contributed by atoms with E-state index in [1.807, 2.05) is 36.2 Å². The zero-order chi connectivity index (χ0) is 17.9. The second kappa shape index (κ2) is 7.07. The summed E-state index contributed by atoms with van der Waals surface area (Å²) in [4.78, 5) is 23.5. The lowest BCUT2D eigenvalue weighted by Gasteiger charge is -2.24. The second-order valence-electron chi connectivity index (χ2n) is 6.38. The molecule has 3 aromatic rings. The number of aromatic nitrogens is 5. The minimum atomic E-state index is -0.00390. The molecule has 134 valence electrons. The fraction of sp³-hybridized carbons (Fsp3) is 0.389. The van der Waals surface area contributed by atoms with E-state index in [1.165, 1.54) is 0 Å². The van der Waals surface area contributed by atoms with Crippen molar-refractivity contribution < 1.29 is 4.79 Å². The van der Waals surface area contributed by atoms with Crippen LogP contribution in [0, 0.1) is 0 Å². The Morgan fingerprint density at radius 2 is 2.19 bits per heavy atom. The van der Waals surface area contributed by atoms with Gasteiger partial charge in [0.25, 0.3) is 0 Å². The number of para-hydroxylation sites is 1. The molecule has 0 aliphatic carbocycles. The Morgan fingerprint density at radius 1 is 1.31 bits per heavy atom. The van der Waals surface area contributed by atoms with E-state index >= 15 is 0 Å². The molecule has 0 saturated carbocycles. The number of likely N-dealkylation sites (tertiary alicyclic amines) is 1. The number of anilines is 1. The summed E-state index contributed by atoms with van der Waals surface area (Å²) in [6.07, 6.45) is 5.72. The van der Waals surface area contributed by atoms with E-state index in [4.69, 9.17) is 0 Å². The van der Waals surface area contributed by atoms with E-state index < -0.39 is 0 Å². The maximum absolute atomic E-state index is 12.8. The van der Waals surface area contributed by atoms with Crippen molar-refractivity contribution in [2.24, 2.45) is 0 Å². The van der Waals surface area contributed by atoms with E-state index in [9.17, 15) is 4.79 Å². The first kappa shape index (κ1) is 16.4. The zero-order valence-electron chi connectivity index (χ0n) is 14.7. The van der Waals surface area contributed by atoms with Crippen molar-refractivity contribution in [3.63, 3.8) is 0 Å². The molecule has 0 spiro atoms. The number of nitrogens with one attached hydrogen (secondary N) is 1. The third-order valence-electron chi connectivity index (χ3n) is 4.78. The van der Waals surface area contributed by atoms with Crippen LogP contribution in [0.15, 0.2) is 36.7 Å². The number of hydrogen-bond donors (Lipinski definition) is 1. The molecule has 8 nitrogen and oxygen atoms in total. The van der Waals surface area contributed by atoms with Gasteiger partial charge < -0.3 is 10.2 Å². The first-order valence-electron chi connectivity index (χ1n) is 8.83. The van der Waals surface area contributed by atoms with Crippen molar-refractivity contribution in [1.82, 2.24) is 29.9 Å². The van der Waals surface area contributed by atoms with Crippen molar-refractivity contribution >= 4 is 22.8 Å². The molecule has 1 atom stereocenters. The SMILES string of the molecule is CNc1cncc([C@H]2CCCN2C(=O)CCn2nnc3ccccc32)n1. The predicted octanol–water partition coefficient (Wildman–Crippen LogP) is 2.02. The first-order chi connectivity index (χ1) is 12.8. The molecule has 1 aliphatic rings. The van der Waals surface area contributed by atoms with Gasteiger partial charge in [0.15, 0.2) is 0 Å². The Labute approximate surface area is 151 Å². The fourth-order valence-electron chi connectivity index (χ4n) is 3.46. The average Bonchev–Trinajstić information content (AvgIpc) is 3.33. The highest BCUT2D eigenvalue weighted by Crippen LogP contribution is 2.31. The first-order valence-corrected chi connectivity index (χ1v) is 8.83. The van der Waals surface area contributed by atoms with Gasteiger partial charge in [-0.2, -0.15) is 0 Å². The molecule has 1 aliphatic heterocycles. The predicted molar refractivity (Wildman–Crippen MR) is 97.4 cm³/mol. The number of amides is 1. The van der Waals surface area contributed by atoms with Gasteiger partial charge in [-0.05, 0) is 25.0 Å². The normalized spacial score (nSPS) is 17.0. The van der Waals surface area contributed by atoms with Crippen LogP contribution in [0.3, 0.4) is 0 Å². The largest absolute Gasteiger partial charge is 0.372 e. The minimum Gasteiger partial charge on any atom is -0.372 e. The van der Waals surface area contributed by atoms with Gasteiger partial charge in [-0.15, -0.1) is 5.10 Å². The molecule has 1 aromatic carbocycles. The van der Waals surface area contributed by atoms with Gasteiger partial charge in [0.05, 0.1) is 36.2 Å². The maximum Gasteiger partial charge on any atom is 0.225 e. The Morgan fingerprint density at radius 3 is 3.08 bits per heavy atom. The van der Waals surface area contributed by atoms with Gasteiger partial charge in [-0.1, -0.05) is 17.3 Å². The molecular formula is C18H21N7O. The van der Waals surface area contributed by atoms with Crippen LogP contribution in [0.5, 0.6) is 0 Å². The highest BCUT2D eigenvalue weighted by atomic mass is 16.2. The molecule has 0 unspecified atom stereocenters. The van der Waals surface area contributed by atoms with E-state index in [2.05, 4.69) is 25.6 Å². The molecule has 8 heteroatoms. The smallest absolute Gasteiger partial charge is 0.225 e. The van der Waals surface area contributed by atoms with E-state index in [0.717, 1.165) is 41.9 Å². The van der Waals surface area contributed by atoms with Crippen molar-refractivity contribution in [3.05, 3.63) is 42.4 Å². The van der Waals surface area contributed by atoms with Crippen molar-refractivity contribution in [2.75, 3.05) is 18.9 Å². The lowest BCUT2D eigenvalue weighted by molar-refractivity contribution is -0.132. The quantitative estimate of drug-likeness (QED) is 0.756. The summed E-state index contributed by atoms with van der Waals surface area (Å²) in [7, 11) is 1.81. The highest BCUT2D eigenvalue weighted by Gasteiger charge is 2.31. The zero-order valence-corrected chi connectivity index (χ0v) is 14.7. The summed E-state index contributed by atoms with van der Waals surface area (Å²) < 4.78 is 1.79. The molecule has 1 N–H and O–H groups in total. The number of benzene rings is 1. The summed E-state index contributed by atoms with van der Waals surface area (Å²) in [6.45, 7) is 1.28. The lowest BCUT2D eigenvalue weighted by Crippen LogP contribution is -2.31. The van der Waals surface area contributed by atoms with E-state index in [1.54, 1.807) is 17.1 Å². The summed E-state index contributed by atoms with van der Waals surface area (Å²) in [5.74, 6) is 0.833. The molecule has 3 heterocycles. The number of fused-ring (bicyclic) bond motifs is 1. The minimum absolute atomic E-state index is 0.00390. The molecule has 2 aromatic heterocycles. The molecular weight excluding hydrogens is 330 g/mol. The topological polar surface area (TPSA) is 88.8 Å². The van der Waals surface area contributed by atoms with Gasteiger partial charge in [-0.25, -0.2) is 9.67 Å². The van der Waals surface area contributed by atoms with Crippen LogP contribution >= 0.6 is 0 Å². The number of aryl methyl sites for hydroxylation is 1. The molecule has 4 rings (SSSR count). The van der Waals surface area contributed by atoms with Crippen molar-refractivity contribution in [3.8, 4) is 0 Å². The molecule has 1 fully saturated rings. The molecule has 1 saturated heterocycles. The molecule has 26 heavy (non-hydrogen) atoms. The van der Waals surface area contributed by atoms with Crippen LogP contribution in [0.4, 0.5) is 5.82 Å². The van der Waals surface area contributed by atoms with Crippen molar-refractivity contribution in [1.29, 1.82) is 0 Å². The Kier molecular flexibility index (Phi) is 4.47. The number of carbonyl (C=O) groups is 1. The summed E-state index contributed by atoms with van der Waals surface area (Å²) in [6, 6.07) is 7.77. The summed E-state index contributed by atoms with van der Waals surface area (Å²) in [5.41, 5.74) is 2.64. The van der Waals surface area contributed by atoms with E-state index in [0.29, 0.717) is 13.0 Å². The molecule has 1 amide bonds. The molecule has 0 bridgehead atoms. The van der Waals surface area contributed by atoms with Gasteiger partial charge in [0.2, 0.25) is 5.91 Å². The fourth-order valence-corrected chi connectivity index (χ4v) is 3.46. The van der Waals surface area contributed by atoms with Gasteiger partial charge in [-0.3, -0.25) is 9.78 Å². The summed E-state index contributed by atoms with van der Waals surface area (Å²) in [5, 5.41) is 11.3. The Balaban J connectivity index is 1.46. The molecule has 0 radical (unpaired) electrons. The Hall–Kier alpha value is -3.03. The monoisotopic (exact) mass is 351 g/mol. The number of rotatable bonds is 5. The van der Waals surface area contributed by atoms with Crippen LogP contribution in [-0.4, -0.2) is 49.4 Å². The second-order valence-corrected chi connectivity index (χ2v) is 6.38. The lowest BCUT2D eigenvalue weighted by atomic mass is 10.1. The number of hydrogen-bond acceptors (Lipinski definition) is 6. The van der Waals surface area contributed by atoms with Crippen LogP contribution in [0.25, 0.3) is 11.0 Å². The van der Waals surface area contributed by atoms with Gasteiger partial charge in [0.1, 0.15) is 11.3 Å². The number of carbonyl (C=O) groups excluding carboxylic acids is 1. The standard InChI is InChI=1S/C18H21N7O/c1-19-17-12-20-11-14(21-17)15-7-4-9-24(15)18(26)8-10-25-16-6-3-2-5-13(16)22-23-25/h2-3,5-6,11-12,15H,4,7-10H2,1H3,(H,19,21)/t15-/m1/s1. The van der Waals surface area contributed by atoms with Crippen LogP contribution in [0.1, 0.15) is 31.0 Å². The van der Waals surface area contributed by atoms with Crippen LogP contribution in [0.2, 0.25) is 0 Å².